The number of benzene rings is 2. The molecule has 1 atom stereocenters. The summed E-state index contributed by atoms with van der Waals surface area (Å²) in [6, 6.07) is 18.3. The smallest absolute Gasteiger partial charge is 0.339 e. The average molecular weight is 288 g/mol. The minimum absolute atomic E-state index is 0.0641. The second-order valence-electron chi connectivity index (χ2n) is 5.77. The van der Waals surface area contributed by atoms with Crippen LogP contribution in [0.3, 0.4) is 0 Å². The zero-order valence-electron chi connectivity index (χ0n) is 12.2. The van der Waals surface area contributed by atoms with Crippen molar-refractivity contribution in [2.75, 3.05) is 0 Å². The van der Waals surface area contributed by atoms with Gasteiger partial charge in [-0.15, -0.1) is 0 Å². The average Bonchev–Trinajstić information content (AvgIpc) is 2.57. The topological polar surface area (TPSA) is 26.3 Å². The third-order valence-corrected chi connectivity index (χ3v) is 4.50. The number of allylic oxidation sites excluding steroid dienone is 1. The van der Waals surface area contributed by atoms with Crippen molar-refractivity contribution in [3.63, 3.8) is 0 Å². The van der Waals surface area contributed by atoms with Crippen LogP contribution in [-0.2, 0) is 16.0 Å². The number of hydrogen-bond donors (Lipinski definition) is 0. The highest BCUT2D eigenvalue weighted by Crippen LogP contribution is 2.46. The van der Waals surface area contributed by atoms with Crippen molar-refractivity contribution >= 4 is 11.7 Å². The summed E-state index contributed by atoms with van der Waals surface area (Å²) in [5.41, 5.74) is 5.11. The lowest BCUT2D eigenvalue weighted by atomic mass is 9.76. The number of carbonyl (C=O) groups is 1. The van der Waals surface area contributed by atoms with E-state index in [4.69, 9.17) is 4.74 Å². The zero-order valence-corrected chi connectivity index (χ0v) is 12.2. The molecule has 0 aromatic heterocycles. The summed E-state index contributed by atoms with van der Waals surface area (Å²) in [5.74, 6) is 0.364. The summed E-state index contributed by atoms with van der Waals surface area (Å²) < 4.78 is 5.62. The second-order valence-corrected chi connectivity index (χ2v) is 5.77. The fraction of sp³-hybridized carbons (Fsp3) is 0.150. The molecule has 0 N–H and O–H groups in total. The number of carbonyl (C=O) groups excluding carboxylic acids is 1. The predicted octanol–water partition coefficient (Wildman–Crippen LogP) is 4.24. The van der Waals surface area contributed by atoms with E-state index >= 15 is 0 Å². The molecule has 0 radical (unpaired) electrons. The van der Waals surface area contributed by atoms with Crippen LogP contribution >= 0.6 is 0 Å². The van der Waals surface area contributed by atoms with Gasteiger partial charge >= 0.3 is 5.97 Å². The van der Waals surface area contributed by atoms with Crippen LogP contribution in [0.1, 0.15) is 29.0 Å². The largest absolute Gasteiger partial charge is 0.423 e. The van der Waals surface area contributed by atoms with Crippen LogP contribution in [0.15, 0.2) is 72.3 Å². The van der Waals surface area contributed by atoms with Gasteiger partial charge in [-0.05, 0) is 29.5 Å². The molecule has 0 saturated heterocycles. The van der Waals surface area contributed by atoms with Crippen molar-refractivity contribution in [1.29, 1.82) is 0 Å². The molecule has 0 saturated carbocycles. The summed E-state index contributed by atoms with van der Waals surface area (Å²) in [7, 11) is 0. The fourth-order valence-electron chi connectivity index (χ4n) is 3.45. The third kappa shape index (κ3) is 1.92. The van der Waals surface area contributed by atoms with Crippen LogP contribution in [0.25, 0.3) is 5.76 Å². The van der Waals surface area contributed by atoms with Gasteiger partial charge in [-0.3, -0.25) is 0 Å². The summed E-state index contributed by atoms with van der Waals surface area (Å²) in [4.78, 5) is 12.3. The standard InChI is InChI=1S/C20H16O2/c1-13-18(15-8-3-2-4-9-15)17-12-11-14-7-5-6-10-16(14)19(17)22-20(13)21/h2-10,18H,1,11-12H2. The molecule has 4 rings (SSSR count). The molecule has 1 unspecified atom stereocenters. The molecule has 2 heteroatoms. The van der Waals surface area contributed by atoms with Crippen molar-refractivity contribution in [2.45, 2.75) is 18.8 Å². The SMILES string of the molecule is C=C1C(=O)OC2=C(CCc3ccccc32)C1c1ccccc1. The molecule has 0 fully saturated rings. The van der Waals surface area contributed by atoms with Gasteiger partial charge in [-0.2, -0.15) is 0 Å². The Morgan fingerprint density at radius 1 is 0.955 bits per heavy atom. The Morgan fingerprint density at radius 2 is 1.68 bits per heavy atom. The molecule has 2 nitrogen and oxygen atoms in total. The Kier molecular flexibility index (Phi) is 2.97. The van der Waals surface area contributed by atoms with Crippen LogP contribution in [0, 0.1) is 0 Å². The summed E-state index contributed by atoms with van der Waals surface area (Å²) in [5, 5.41) is 0. The van der Waals surface area contributed by atoms with E-state index in [1.165, 1.54) is 11.1 Å². The van der Waals surface area contributed by atoms with Gasteiger partial charge in [-0.1, -0.05) is 61.2 Å². The number of ether oxygens (including phenoxy) is 1. The van der Waals surface area contributed by atoms with E-state index in [1.54, 1.807) is 0 Å². The minimum Gasteiger partial charge on any atom is -0.423 e. The van der Waals surface area contributed by atoms with Crippen molar-refractivity contribution < 1.29 is 9.53 Å². The normalized spacial score (nSPS) is 20.3. The molecule has 1 heterocycles. The maximum absolute atomic E-state index is 12.3. The van der Waals surface area contributed by atoms with E-state index in [1.807, 2.05) is 36.4 Å². The van der Waals surface area contributed by atoms with Crippen LogP contribution in [0.5, 0.6) is 0 Å². The Morgan fingerprint density at radius 3 is 2.50 bits per heavy atom. The van der Waals surface area contributed by atoms with Gasteiger partial charge in [-0.25, -0.2) is 4.79 Å². The first-order valence-electron chi connectivity index (χ1n) is 7.53. The van der Waals surface area contributed by atoms with E-state index in [0.717, 1.165) is 29.7 Å². The Balaban J connectivity index is 1.92. The molecular weight excluding hydrogens is 272 g/mol. The second kappa shape index (κ2) is 4.99. The van der Waals surface area contributed by atoms with Crippen LogP contribution in [-0.4, -0.2) is 5.97 Å². The summed E-state index contributed by atoms with van der Waals surface area (Å²) >= 11 is 0. The first-order chi connectivity index (χ1) is 10.8. The molecular formula is C20H16O2. The van der Waals surface area contributed by atoms with Crippen molar-refractivity contribution in [3.05, 3.63) is 89.0 Å². The van der Waals surface area contributed by atoms with Gasteiger partial charge in [0, 0.05) is 17.1 Å². The molecule has 1 aliphatic carbocycles. The van der Waals surface area contributed by atoms with Gasteiger partial charge in [0.05, 0.1) is 0 Å². The van der Waals surface area contributed by atoms with Crippen LogP contribution < -0.4 is 0 Å². The summed E-state index contributed by atoms with van der Waals surface area (Å²) in [6.45, 7) is 3.99. The minimum atomic E-state index is -0.315. The van der Waals surface area contributed by atoms with E-state index in [0.29, 0.717) is 5.57 Å². The molecule has 2 aliphatic rings. The lowest BCUT2D eigenvalue weighted by Gasteiger charge is -2.33. The lowest BCUT2D eigenvalue weighted by molar-refractivity contribution is -0.133. The van der Waals surface area contributed by atoms with Gasteiger partial charge in [0.1, 0.15) is 5.76 Å². The molecule has 2 aromatic carbocycles. The van der Waals surface area contributed by atoms with Gasteiger partial charge < -0.3 is 4.74 Å². The quantitative estimate of drug-likeness (QED) is 0.579. The Labute approximate surface area is 129 Å². The molecule has 108 valence electrons. The van der Waals surface area contributed by atoms with Crippen molar-refractivity contribution in [3.8, 4) is 0 Å². The fourth-order valence-corrected chi connectivity index (χ4v) is 3.45. The van der Waals surface area contributed by atoms with Gasteiger partial charge in [0.2, 0.25) is 0 Å². The lowest BCUT2D eigenvalue weighted by Crippen LogP contribution is -2.25. The van der Waals surface area contributed by atoms with E-state index in [2.05, 4.69) is 24.8 Å². The number of hydrogen-bond acceptors (Lipinski definition) is 2. The number of rotatable bonds is 1. The van der Waals surface area contributed by atoms with Crippen molar-refractivity contribution in [2.24, 2.45) is 0 Å². The monoisotopic (exact) mass is 288 g/mol. The highest BCUT2D eigenvalue weighted by Gasteiger charge is 2.36. The predicted molar refractivity (Wildman–Crippen MR) is 86.1 cm³/mol. The van der Waals surface area contributed by atoms with E-state index < -0.39 is 0 Å². The molecule has 22 heavy (non-hydrogen) atoms. The molecule has 1 aliphatic heterocycles. The maximum Gasteiger partial charge on any atom is 0.339 e. The zero-order chi connectivity index (χ0) is 15.1. The van der Waals surface area contributed by atoms with Gasteiger partial charge in [0.25, 0.3) is 0 Å². The van der Waals surface area contributed by atoms with E-state index in [-0.39, 0.29) is 11.9 Å². The number of fused-ring (bicyclic) bond motifs is 2. The van der Waals surface area contributed by atoms with Gasteiger partial charge in [0.15, 0.2) is 0 Å². The highest BCUT2D eigenvalue weighted by molar-refractivity contribution is 5.98. The highest BCUT2D eigenvalue weighted by atomic mass is 16.5. The van der Waals surface area contributed by atoms with Crippen molar-refractivity contribution in [1.82, 2.24) is 0 Å². The third-order valence-electron chi connectivity index (χ3n) is 4.50. The first-order valence-corrected chi connectivity index (χ1v) is 7.53. The molecule has 0 bridgehead atoms. The van der Waals surface area contributed by atoms with Crippen LogP contribution in [0.4, 0.5) is 0 Å². The summed E-state index contributed by atoms with van der Waals surface area (Å²) in [6.07, 6.45) is 1.88. The maximum atomic E-state index is 12.3. The first kappa shape index (κ1) is 13.1. The van der Waals surface area contributed by atoms with E-state index in [9.17, 15) is 4.79 Å². The number of aryl methyl sites for hydroxylation is 1. The van der Waals surface area contributed by atoms with Crippen LogP contribution in [0.2, 0.25) is 0 Å². The Bertz CT molecular complexity index is 799. The Hall–Kier alpha value is -2.61. The molecule has 0 spiro atoms. The molecule has 2 aromatic rings. The number of esters is 1. The molecule has 0 amide bonds.